The smallest absolute Gasteiger partial charge is 0.262 e. The Morgan fingerprint density at radius 1 is 0.860 bits per heavy atom. The number of nitrogens with one attached hydrogen (secondary N) is 1. The Hall–Kier alpha value is -5.04. The minimum absolute atomic E-state index is 0.0631. The molecule has 0 spiro atoms. The molecule has 0 aliphatic carbocycles. The van der Waals surface area contributed by atoms with Gasteiger partial charge in [-0.1, -0.05) is 0 Å². The molecule has 3 atom stereocenters. The number of anilines is 2. The van der Waals surface area contributed by atoms with Gasteiger partial charge in [0.15, 0.2) is 0 Å². The zero-order chi connectivity index (χ0) is 39.5. The standard InChI is InChI=1S/C40H45N7O9S/c1-44-12-13-46(36(49)24-44)26-3-6-31-33(20-26)57-38(42-31)25-2-8-34(41-22-25)45-11-10-28(23-45)56-19-17-54-15-14-53-16-18-55-27-4-5-29-30(21-27)40(52)47(39(29)51)32-7-9-35(48)43-37(32)50/h2-6,8,20-22,28,32,36,49H,7,9-19,23-24H2,1H3,(H,43,48,50). The Morgan fingerprint density at radius 2 is 1.67 bits per heavy atom. The number of amides is 4. The number of carbonyl (C=O) groups excluding carboxylic acids is 4. The van der Waals surface area contributed by atoms with Crippen molar-refractivity contribution in [1.29, 1.82) is 0 Å². The van der Waals surface area contributed by atoms with Gasteiger partial charge in [-0.25, -0.2) is 9.97 Å². The van der Waals surface area contributed by atoms with Crippen molar-refractivity contribution in [3.8, 4) is 16.3 Å². The fraction of sp³-hybridized carbons (Fsp3) is 0.450. The predicted octanol–water partition coefficient (Wildman–Crippen LogP) is 2.54. The van der Waals surface area contributed by atoms with E-state index >= 15 is 0 Å². The number of fused-ring (bicyclic) bond motifs is 2. The lowest BCUT2D eigenvalue weighted by atomic mass is 10.0. The molecule has 2 aromatic heterocycles. The molecule has 0 bridgehead atoms. The van der Waals surface area contributed by atoms with E-state index in [0.717, 1.165) is 69.8 Å². The molecule has 17 heteroatoms. The molecule has 300 valence electrons. The van der Waals surface area contributed by atoms with Crippen LogP contribution in [0.5, 0.6) is 5.75 Å². The summed E-state index contributed by atoms with van der Waals surface area (Å²) in [4.78, 5) is 66.6. The summed E-state index contributed by atoms with van der Waals surface area (Å²) in [7, 11) is 2.02. The van der Waals surface area contributed by atoms with Gasteiger partial charge < -0.3 is 38.8 Å². The van der Waals surface area contributed by atoms with E-state index in [2.05, 4.69) is 27.2 Å². The lowest BCUT2D eigenvalue weighted by Gasteiger charge is -2.38. The fourth-order valence-electron chi connectivity index (χ4n) is 7.54. The van der Waals surface area contributed by atoms with Crippen LogP contribution in [0.1, 0.15) is 40.0 Å². The number of aliphatic hydroxyl groups is 1. The molecule has 3 saturated heterocycles. The van der Waals surface area contributed by atoms with Gasteiger partial charge >= 0.3 is 0 Å². The highest BCUT2D eigenvalue weighted by atomic mass is 32.1. The van der Waals surface area contributed by atoms with Crippen LogP contribution in [-0.4, -0.2) is 146 Å². The van der Waals surface area contributed by atoms with E-state index in [4.69, 9.17) is 28.9 Å². The van der Waals surface area contributed by atoms with E-state index in [-0.39, 0.29) is 36.7 Å². The number of aliphatic hydroxyl groups excluding tert-OH is 1. The quantitative estimate of drug-likeness (QED) is 0.133. The van der Waals surface area contributed by atoms with Crippen molar-refractivity contribution in [2.24, 2.45) is 0 Å². The van der Waals surface area contributed by atoms with Gasteiger partial charge in [0.05, 0.1) is 60.5 Å². The maximum absolute atomic E-state index is 13.0. The Kier molecular flexibility index (Phi) is 11.7. The molecular formula is C40H45N7O9S. The number of hydrogen-bond acceptors (Lipinski definition) is 15. The third-order valence-corrected chi connectivity index (χ3v) is 11.7. The zero-order valence-electron chi connectivity index (χ0n) is 31.6. The highest BCUT2D eigenvalue weighted by Crippen LogP contribution is 2.34. The maximum atomic E-state index is 13.0. The summed E-state index contributed by atoms with van der Waals surface area (Å²) in [6.45, 7) is 6.14. The van der Waals surface area contributed by atoms with Gasteiger partial charge in [-0.15, -0.1) is 11.3 Å². The van der Waals surface area contributed by atoms with E-state index in [1.165, 1.54) is 12.1 Å². The van der Waals surface area contributed by atoms with E-state index in [1.54, 1.807) is 17.4 Å². The summed E-state index contributed by atoms with van der Waals surface area (Å²) < 4.78 is 24.2. The molecule has 2 aromatic carbocycles. The Balaban J connectivity index is 0.702. The zero-order valence-corrected chi connectivity index (χ0v) is 32.4. The number of carbonyl (C=O) groups is 4. The molecule has 4 aliphatic rings. The minimum atomic E-state index is -1.01. The Labute approximate surface area is 333 Å². The maximum Gasteiger partial charge on any atom is 0.262 e. The molecule has 3 fully saturated rings. The molecule has 16 nitrogen and oxygen atoms in total. The van der Waals surface area contributed by atoms with Crippen molar-refractivity contribution in [3.05, 3.63) is 65.9 Å². The average molecular weight is 800 g/mol. The van der Waals surface area contributed by atoms with Crippen LogP contribution in [0.25, 0.3) is 20.8 Å². The minimum Gasteiger partial charge on any atom is -0.491 e. The van der Waals surface area contributed by atoms with E-state index in [1.807, 2.05) is 36.3 Å². The number of thiazole rings is 1. The molecule has 4 amide bonds. The first-order valence-electron chi connectivity index (χ1n) is 19.2. The molecule has 3 unspecified atom stereocenters. The number of hydrogen-bond donors (Lipinski definition) is 2. The molecule has 6 heterocycles. The van der Waals surface area contributed by atoms with Gasteiger partial charge in [-0.2, -0.15) is 0 Å². The van der Waals surface area contributed by atoms with Crippen LogP contribution in [0.4, 0.5) is 11.5 Å². The molecule has 2 N–H and O–H groups in total. The summed E-state index contributed by atoms with van der Waals surface area (Å²) in [5.41, 5.74) is 3.28. The fourth-order valence-corrected chi connectivity index (χ4v) is 8.53. The van der Waals surface area contributed by atoms with Crippen LogP contribution < -0.4 is 19.9 Å². The van der Waals surface area contributed by atoms with Gasteiger partial charge in [-0.3, -0.25) is 29.4 Å². The number of nitrogens with zero attached hydrogens (tertiary/aromatic N) is 6. The summed E-state index contributed by atoms with van der Waals surface area (Å²) >= 11 is 1.63. The second kappa shape index (κ2) is 17.2. The largest absolute Gasteiger partial charge is 0.491 e. The van der Waals surface area contributed by atoms with Crippen molar-refractivity contribution in [2.75, 3.05) is 89.2 Å². The number of piperazine rings is 1. The number of imide groups is 2. The molecule has 8 rings (SSSR count). The number of likely N-dealkylation sites (N-methyl/N-ethyl adjacent to an activating group) is 1. The van der Waals surface area contributed by atoms with Crippen LogP contribution in [0.15, 0.2) is 54.7 Å². The van der Waals surface area contributed by atoms with Crippen LogP contribution in [0, 0.1) is 0 Å². The summed E-state index contributed by atoms with van der Waals surface area (Å²) in [5, 5.41) is 13.7. The predicted molar refractivity (Wildman–Crippen MR) is 211 cm³/mol. The number of benzene rings is 2. The number of rotatable bonds is 15. The first-order chi connectivity index (χ1) is 27.7. The topological polar surface area (TPSA) is 176 Å². The van der Waals surface area contributed by atoms with Crippen molar-refractivity contribution in [1.82, 2.24) is 25.1 Å². The monoisotopic (exact) mass is 799 g/mol. The molecular weight excluding hydrogens is 755 g/mol. The van der Waals surface area contributed by atoms with Gasteiger partial charge in [0.25, 0.3) is 11.8 Å². The van der Waals surface area contributed by atoms with E-state index in [0.29, 0.717) is 45.3 Å². The van der Waals surface area contributed by atoms with Crippen molar-refractivity contribution in [3.63, 3.8) is 0 Å². The summed E-state index contributed by atoms with van der Waals surface area (Å²) in [5.74, 6) is -0.899. The first-order valence-corrected chi connectivity index (χ1v) is 20.0. The van der Waals surface area contributed by atoms with Crippen molar-refractivity contribution < 1.29 is 43.2 Å². The second-order valence-corrected chi connectivity index (χ2v) is 15.5. The molecule has 57 heavy (non-hydrogen) atoms. The molecule has 0 radical (unpaired) electrons. The second-order valence-electron chi connectivity index (χ2n) is 14.5. The average Bonchev–Trinajstić information content (AvgIpc) is 3.92. The normalized spacial score (nSPS) is 21.5. The van der Waals surface area contributed by atoms with Crippen LogP contribution in [-0.2, 0) is 23.8 Å². The lowest BCUT2D eigenvalue weighted by Crippen LogP contribution is -2.54. The number of β-amino-alcohol motifs (C(OH)–C–C–N with tert-alkyl or cyclic N) is 1. The molecule has 4 aromatic rings. The number of ether oxygens (including phenoxy) is 4. The third-order valence-electron chi connectivity index (χ3n) is 10.6. The number of pyridine rings is 1. The van der Waals surface area contributed by atoms with Gasteiger partial charge in [-0.05, 0) is 68.4 Å². The molecule has 4 aliphatic heterocycles. The number of piperidine rings is 1. The number of aromatic nitrogens is 2. The van der Waals surface area contributed by atoms with Gasteiger partial charge in [0.1, 0.15) is 35.5 Å². The molecule has 0 saturated carbocycles. The van der Waals surface area contributed by atoms with Gasteiger partial charge in [0, 0.05) is 56.6 Å². The highest BCUT2D eigenvalue weighted by Gasteiger charge is 2.44. The van der Waals surface area contributed by atoms with Crippen LogP contribution >= 0.6 is 11.3 Å². The van der Waals surface area contributed by atoms with E-state index in [9.17, 15) is 24.3 Å². The SMILES string of the molecule is CN1CCN(c2ccc3nc(-c4ccc(N5CCC(OCCOCCOCCOc6ccc7c(c6)C(=O)N(C6CCC(=O)NC6=O)C7=O)C5)nc4)sc3c2)C(O)C1. The van der Waals surface area contributed by atoms with E-state index < -0.39 is 35.9 Å². The van der Waals surface area contributed by atoms with Crippen LogP contribution in [0.2, 0.25) is 0 Å². The van der Waals surface area contributed by atoms with Crippen molar-refractivity contribution >= 4 is 56.7 Å². The van der Waals surface area contributed by atoms with Gasteiger partial charge in [0.2, 0.25) is 11.8 Å². The summed E-state index contributed by atoms with van der Waals surface area (Å²) in [6.07, 6.45) is 2.52. The third kappa shape index (κ3) is 8.63. The Bertz CT molecular complexity index is 2130. The lowest BCUT2D eigenvalue weighted by molar-refractivity contribution is -0.136. The van der Waals surface area contributed by atoms with Crippen LogP contribution in [0.3, 0.4) is 0 Å². The summed E-state index contributed by atoms with van der Waals surface area (Å²) in [6, 6.07) is 13.9. The first kappa shape index (κ1) is 38.8. The Morgan fingerprint density at radius 3 is 2.46 bits per heavy atom. The highest BCUT2D eigenvalue weighted by molar-refractivity contribution is 7.21. The van der Waals surface area contributed by atoms with Crippen molar-refractivity contribution in [2.45, 2.75) is 37.6 Å².